The number of pyridine rings is 1. The minimum absolute atomic E-state index is 0. The molecule has 3 rings (SSSR count). The number of carbonyl (C=O) groups is 2. The Balaban J connectivity index is 0.00000243. The first-order valence-electron chi connectivity index (χ1n) is 7.05. The van der Waals surface area contributed by atoms with E-state index in [0.29, 0.717) is 10.6 Å². The maximum Gasteiger partial charge on any atom is 1.00 e. The van der Waals surface area contributed by atoms with Gasteiger partial charge in [-0.15, -0.1) is 0 Å². The average Bonchev–Trinajstić information content (AvgIpc) is 2.57. The molecule has 1 aromatic heterocycles. The minimum Gasteiger partial charge on any atom is -0.543 e. The summed E-state index contributed by atoms with van der Waals surface area (Å²) in [6.45, 7) is 0. The maximum absolute atomic E-state index is 12.5. The molecule has 10 heteroatoms. The summed E-state index contributed by atoms with van der Waals surface area (Å²) in [5.74, 6) is -3.04. The van der Waals surface area contributed by atoms with E-state index in [4.69, 9.17) is 5.26 Å². The first-order chi connectivity index (χ1) is 11.9. The van der Waals surface area contributed by atoms with Crippen molar-refractivity contribution < 1.29 is 52.7 Å². The molecule has 126 valence electrons. The van der Waals surface area contributed by atoms with E-state index >= 15 is 0 Å². The van der Waals surface area contributed by atoms with Crippen LogP contribution in [-0.4, -0.2) is 41.3 Å². The van der Waals surface area contributed by atoms with Crippen molar-refractivity contribution >= 4 is 27.8 Å². The molecule has 0 aliphatic carbocycles. The van der Waals surface area contributed by atoms with Gasteiger partial charge in [-0.1, -0.05) is 6.07 Å². The van der Waals surface area contributed by atoms with Crippen molar-refractivity contribution in [3.8, 4) is 6.07 Å². The van der Waals surface area contributed by atoms with E-state index in [-0.39, 0.29) is 40.7 Å². The molecule has 1 saturated heterocycles. The van der Waals surface area contributed by atoms with Gasteiger partial charge in [0.05, 0.1) is 34.8 Å². The van der Waals surface area contributed by atoms with Gasteiger partial charge in [-0.05, 0) is 29.9 Å². The number of carboxylic acids is 1. The topological polar surface area (TPSA) is 131 Å². The number of hydrogen-bond donors (Lipinski definition) is 0. The van der Waals surface area contributed by atoms with Crippen molar-refractivity contribution in [3.05, 3.63) is 59.1 Å². The predicted octanol–water partition coefficient (Wildman–Crippen LogP) is -3.85. The van der Waals surface area contributed by atoms with Crippen LogP contribution >= 0.6 is 0 Å². The Morgan fingerprint density at radius 2 is 2.15 bits per heavy atom. The van der Waals surface area contributed by atoms with Crippen LogP contribution in [0.4, 0.5) is 0 Å². The van der Waals surface area contributed by atoms with Crippen LogP contribution in [0.2, 0.25) is 0 Å². The van der Waals surface area contributed by atoms with E-state index in [0.717, 1.165) is 12.2 Å². The minimum atomic E-state index is -3.87. The van der Waals surface area contributed by atoms with E-state index in [1.54, 1.807) is 24.3 Å². The number of carbonyl (C=O) groups excluding carboxylic acids is 2. The van der Waals surface area contributed by atoms with Crippen LogP contribution in [0.25, 0.3) is 6.08 Å². The molecule has 8 nitrogen and oxygen atoms in total. The van der Waals surface area contributed by atoms with Crippen LogP contribution in [0.1, 0.15) is 5.69 Å². The summed E-state index contributed by atoms with van der Waals surface area (Å²) in [6.07, 6.45) is 4.82. The first-order valence-corrected chi connectivity index (χ1v) is 8.77. The van der Waals surface area contributed by atoms with Crippen LogP contribution in [0.15, 0.2) is 53.4 Å². The summed E-state index contributed by atoms with van der Waals surface area (Å²) in [4.78, 5) is 28.5. The van der Waals surface area contributed by atoms with Gasteiger partial charge in [-0.25, -0.2) is 8.42 Å². The number of nitrogens with zero attached hydrogens (tertiary/aromatic N) is 3. The van der Waals surface area contributed by atoms with Gasteiger partial charge in [0.2, 0.25) is 0 Å². The Morgan fingerprint density at radius 3 is 2.73 bits per heavy atom. The first kappa shape index (κ1) is 20.1. The molecular formula is C16H10N3NaO5S. The second-order valence-corrected chi connectivity index (χ2v) is 7.37. The number of amides is 1. The van der Waals surface area contributed by atoms with E-state index in [1.165, 1.54) is 12.3 Å². The van der Waals surface area contributed by atoms with Crippen LogP contribution in [0.5, 0.6) is 0 Å². The van der Waals surface area contributed by atoms with Gasteiger partial charge in [-0.2, -0.15) is 5.26 Å². The smallest absolute Gasteiger partial charge is 0.543 e. The Bertz CT molecular complexity index is 1010. The molecule has 0 aromatic carbocycles. The van der Waals surface area contributed by atoms with E-state index < -0.39 is 38.5 Å². The zero-order valence-corrected chi connectivity index (χ0v) is 16.4. The van der Waals surface area contributed by atoms with Crippen molar-refractivity contribution in [1.82, 2.24) is 9.88 Å². The third-order valence-corrected chi connectivity index (χ3v) is 5.61. The van der Waals surface area contributed by atoms with Crippen molar-refractivity contribution in [2.75, 3.05) is 5.75 Å². The SMILES string of the molecule is N#C/C=C/C1=C(C(=O)[O-])N2C(=O)/C(=C/c3ccccn3)C2S(=O)(=O)C1.[Na+]. The molecule has 1 atom stereocenters. The molecule has 0 saturated carbocycles. The fourth-order valence-electron chi connectivity index (χ4n) is 2.76. The maximum atomic E-state index is 12.5. The molecule has 2 aliphatic heterocycles. The fourth-order valence-corrected chi connectivity index (χ4v) is 4.67. The molecule has 1 fully saturated rings. The van der Waals surface area contributed by atoms with Crippen LogP contribution in [0.3, 0.4) is 0 Å². The number of rotatable bonds is 3. The Morgan fingerprint density at radius 1 is 1.42 bits per heavy atom. The fraction of sp³-hybridized carbons (Fsp3) is 0.125. The predicted molar refractivity (Wildman–Crippen MR) is 83.4 cm³/mol. The van der Waals surface area contributed by atoms with Crippen molar-refractivity contribution in [2.24, 2.45) is 0 Å². The molecule has 1 aromatic rings. The summed E-state index contributed by atoms with van der Waals surface area (Å²) < 4.78 is 25.0. The molecule has 3 heterocycles. The summed E-state index contributed by atoms with van der Waals surface area (Å²) in [5, 5.41) is 18.6. The monoisotopic (exact) mass is 379 g/mol. The molecule has 2 aliphatic rings. The van der Waals surface area contributed by atoms with Crippen molar-refractivity contribution in [3.63, 3.8) is 0 Å². The van der Waals surface area contributed by atoms with Crippen molar-refractivity contribution in [1.29, 1.82) is 5.26 Å². The Hall–Kier alpha value is -2.25. The number of nitriles is 1. The standard InChI is InChI=1S/C16H11N3O5S.Na/c17-6-3-4-10-9-25(23,24)15-12(8-11-5-1-2-7-18-11)14(20)19(15)13(10)16(21)22;/h1-5,7-8,15H,9H2,(H,21,22);/q;+1/p-1/b4-3+,12-8-;. The summed E-state index contributed by atoms with van der Waals surface area (Å²) in [7, 11) is -3.87. The van der Waals surface area contributed by atoms with Gasteiger partial charge in [-0.3, -0.25) is 14.7 Å². The van der Waals surface area contributed by atoms with Crippen LogP contribution in [0, 0.1) is 11.3 Å². The number of aromatic nitrogens is 1. The number of allylic oxidation sites excluding steroid dienone is 2. The quantitative estimate of drug-likeness (QED) is 0.227. The Kier molecular flexibility index (Phi) is 5.83. The molecular weight excluding hydrogens is 369 g/mol. The molecule has 26 heavy (non-hydrogen) atoms. The molecule has 0 radical (unpaired) electrons. The number of sulfone groups is 1. The Labute approximate surface area is 171 Å². The third kappa shape index (κ3) is 3.37. The second kappa shape index (κ2) is 7.55. The van der Waals surface area contributed by atoms with Gasteiger partial charge in [0, 0.05) is 12.3 Å². The van der Waals surface area contributed by atoms with Crippen LogP contribution in [-0.2, 0) is 19.4 Å². The van der Waals surface area contributed by atoms with Gasteiger partial charge in [0.25, 0.3) is 5.91 Å². The van der Waals surface area contributed by atoms with Crippen molar-refractivity contribution in [2.45, 2.75) is 5.37 Å². The number of β-lactam (4-membered cyclic amide) rings is 1. The van der Waals surface area contributed by atoms with E-state index in [1.807, 2.05) is 0 Å². The summed E-state index contributed by atoms with van der Waals surface area (Å²) >= 11 is 0. The van der Waals surface area contributed by atoms with Gasteiger partial charge in [0.1, 0.15) is 0 Å². The summed E-state index contributed by atoms with van der Waals surface area (Å²) in [5.41, 5.74) is -0.367. The van der Waals surface area contributed by atoms with Gasteiger partial charge < -0.3 is 9.90 Å². The average molecular weight is 379 g/mol. The number of fused-ring (bicyclic) bond motifs is 1. The largest absolute Gasteiger partial charge is 1.00 e. The van der Waals surface area contributed by atoms with Gasteiger partial charge >= 0.3 is 29.6 Å². The molecule has 0 spiro atoms. The number of aliphatic carboxylic acids is 1. The molecule has 1 unspecified atom stereocenters. The molecule has 0 N–H and O–H groups in total. The molecule has 1 amide bonds. The zero-order valence-electron chi connectivity index (χ0n) is 13.6. The number of hydrogen-bond acceptors (Lipinski definition) is 7. The zero-order chi connectivity index (χ0) is 18.2. The molecule has 0 bridgehead atoms. The van der Waals surface area contributed by atoms with Crippen LogP contribution < -0.4 is 34.7 Å². The number of carboxylic acid groups (broad SMARTS) is 1. The van der Waals surface area contributed by atoms with Gasteiger partial charge in [0.15, 0.2) is 15.2 Å². The second-order valence-electron chi connectivity index (χ2n) is 5.31. The summed E-state index contributed by atoms with van der Waals surface area (Å²) in [6, 6.07) is 6.58. The normalized spacial score (nSPS) is 22.4. The van der Waals surface area contributed by atoms with E-state index in [2.05, 4.69) is 4.98 Å². The third-order valence-electron chi connectivity index (χ3n) is 3.75. The van der Waals surface area contributed by atoms with E-state index in [9.17, 15) is 23.1 Å².